The van der Waals surface area contributed by atoms with E-state index in [0.717, 1.165) is 13.0 Å². The summed E-state index contributed by atoms with van der Waals surface area (Å²) in [6.07, 6.45) is 1.40. The molecule has 1 atom stereocenters. The molecule has 1 amide bonds. The molecule has 0 aromatic rings. The molecule has 1 aliphatic rings. The standard InChI is InChI=1S/C8H12N2O/c1-2-8(11)10-4-3-7(5-9)6-10/h7H,2-4,6H2,1H3. The lowest BCUT2D eigenvalue weighted by Crippen LogP contribution is -2.27. The number of carbonyl (C=O) groups excluding carboxylic acids is 1. The highest BCUT2D eigenvalue weighted by Crippen LogP contribution is 2.15. The van der Waals surface area contributed by atoms with E-state index in [1.165, 1.54) is 0 Å². The maximum Gasteiger partial charge on any atom is 0.222 e. The molecule has 1 rings (SSSR count). The zero-order valence-electron chi connectivity index (χ0n) is 6.71. The van der Waals surface area contributed by atoms with E-state index in [1.807, 2.05) is 6.92 Å². The molecule has 11 heavy (non-hydrogen) atoms. The van der Waals surface area contributed by atoms with E-state index in [4.69, 9.17) is 5.26 Å². The Labute approximate surface area is 66.6 Å². The first kappa shape index (κ1) is 8.06. The van der Waals surface area contributed by atoms with E-state index in [9.17, 15) is 4.79 Å². The molecule has 0 N–H and O–H groups in total. The number of hydrogen-bond donors (Lipinski definition) is 0. The predicted octanol–water partition coefficient (Wildman–Crippen LogP) is 0.768. The summed E-state index contributed by atoms with van der Waals surface area (Å²) in [5.74, 6) is 0.244. The first-order valence-corrected chi connectivity index (χ1v) is 3.95. The molecule has 1 heterocycles. The third-order valence-corrected chi connectivity index (χ3v) is 2.03. The summed E-state index contributed by atoms with van der Waals surface area (Å²) in [6.45, 7) is 3.26. The number of carbonyl (C=O) groups is 1. The maximum atomic E-state index is 11.1. The Balaban J connectivity index is 2.43. The molecule has 0 radical (unpaired) electrons. The van der Waals surface area contributed by atoms with Crippen LogP contribution in [0.1, 0.15) is 19.8 Å². The van der Waals surface area contributed by atoms with Gasteiger partial charge in [0, 0.05) is 19.5 Å². The quantitative estimate of drug-likeness (QED) is 0.557. The van der Waals surface area contributed by atoms with Crippen molar-refractivity contribution in [1.82, 2.24) is 4.90 Å². The van der Waals surface area contributed by atoms with Crippen molar-refractivity contribution in [2.75, 3.05) is 13.1 Å². The molecule has 1 saturated heterocycles. The zero-order valence-corrected chi connectivity index (χ0v) is 6.71. The molecule has 1 fully saturated rings. The van der Waals surface area contributed by atoms with E-state index in [1.54, 1.807) is 4.90 Å². The Morgan fingerprint density at radius 2 is 2.55 bits per heavy atom. The SMILES string of the molecule is CCC(=O)N1CCC(C#N)C1. The number of amides is 1. The second kappa shape index (κ2) is 3.38. The van der Waals surface area contributed by atoms with Gasteiger partial charge in [0.15, 0.2) is 0 Å². The lowest BCUT2D eigenvalue weighted by atomic mass is 10.1. The second-order valence-electron chi connectivity index (χ2n) is 2.81. The first-order valence-electron chi connectivity index (χ1n) is 3.95. The number of hydrogen-bond acceptors (Lipinski definition) is 2. The Morgan fingerprint density at radius 1 is 1.82 bits per heavy atom. The molecule has 0 saturated carbocycles. The molecule has 3 nitrogen and oxygen atoms in total. The van der Waals surface area contributed by atoms with Gasteiger partial charge in [-0.25, -0.2) is 0 Å². The summed E-state index contributed by atoms with van der Waals surface area (Å²) in [5.41, 5.74) is 0. The maximum absolute atomic E-state index is 11.1. The Bertz CT molecular complexity index is 195. The van der Waals surface area contributed by atoms with Gasteiger partial charge in [0.05, 0.1) is 12.0 Å². The molecule has 1 aliphatic heterocycles. The van der Waals surface area contributed by atoms with Gasteiger partial charge in [0.1, 0.15) is 0 Å². The summed E-state index contributed by atoms with van der Waals surface area (Å²) in [5, 5.41) is 8.55. The van der Waals surface area contributed by atoms with Gasteiger partial charge in [-0.05, 0) is 6.42 Å². The van der Waals surface area contributed by atoms with Crippen LogP contribution in [0.5, 0.6) is 0 Å². The molecule has 0 aromatic heterocycles. The topological polar surface area (TPSA) is 44.1 Å². The molecule has 0 aromatic carbocycles. The Morgan fingerprint density at radius 3 is 3.00 bits per heavy atom. The summed E-state index contributed by atoms with van der Waals surface area (Å²) < 4.78 is 0. The predicted molar refractivity (Wildman–Crippen MR) is 40.6 cm³/mol. The average molecular weight is 152 g/mol. The summed E-state index contributed by atoms with van der Waals surface area (Å²) in [6, 6.07) is 2.18. The Kier molecular flexibility index (Phi) is 2.48. The fraction of sp³-hybridized carbons (Fsp3) is 0.750. The molecule has 0 bridgehead atoms. The van der Waals surface area contributed by atoms with Gasteiger partial charge in [-0.3, -0.25) is 4.79 Å². The van der Waals surface area contributed by atoms with Gasteiger partial charge in [0.25, 0.3) is 0 Å². The van der Waals surface area contributed by atoms with Crippen LogP contribution in [0.3, 0.4) is 0 Å². The molecule has 0 aliphatic carbocycles. The lowest BCUT2D eigenvalue weighted by molar-refractivity contribution is -0.129. The number of nitrogens with zero attached hydrogens (tertiary/aromatic N) is 2. The van der Waals surface area contributed by atoms with Crippen LogP contribution in [0, 0.1) is 17.2 Å². The van der Waals surface area contributed by atoms with Gasteiger partial charge in [-0.15, -0.1) is 0 Å². The molecule has 1 unspecified atom stereocenters. The highest BCUT2D eigenvalue weighted by atomic mass is 16.2. The van der Waals surface area contributed by atoms with E-state index in [0.29, 0.717) is 13.0 Å². The van der Waals surface area contributed by atoms with Crippen molar-refractivity contribution in [1.29, 1.82) is 5.26 Å². The highest BCUT2D eigenvalue weighted by molar-refractivity contribution is 5.76. The monoisotopic (exact) mass is 152 g/mol. The third kappa shape index (κ3) is 1.70. The van der Waals surface area contributed by atoms with Crippen LogP contribution in [0.25, 0.3) is 0 Å². The number of likely N-dealkylation sites (tertiary alicyclic amines) is 1. The van der Waals surface area contributed by atoms with E-state index in [2.05, 4.69) is 6.07 Å². The Hall–Kier alpha value is -1.04. The van der Waals surface area contributed by atoms with Gasteiger partial charge >= 0.3 is 0 Å². The minimum absolute atomic E-state index is 0.0745. The van der Waals surface area contributed by atoms with Gasteiger partial charge in [0.2, 0.25) is 5.91 Å². The zero-order chi connectivity index (χ0) is 8.27. The van der Waals surface area contributed by atoms with Gasteiger partial charge in [-0.2, -0.15) is 5.26 Å². The molecule has 0 spiro atoms. The van der Waals surface area contributed by atoms with Crippen molar-refractivity contribution < 1.29 is 4.79 Å². The van der Waals surface area contributed by atoms with Crippen LogP contribution in [-0.4, -0.2) is 23.9 Å². The van der Waals surface area contributed by atoms with Crippen molar-refractivity contribution in [2.24, 2.45) is 5.92 Å². The largest absolute Gasteiger partial charge is 0.341 e. The van der Waals surface area contributed by atoms with Crippen LogP contribution >= 0.6 is 0 Å². The molecular formula is C8H12N2O. The van der Waals surface area contributed by atoms with Crippen LogP contribution < -0.4 is 0 Å². The average Bonchev–Trinajstić information content (AvgIpc) is 2.50. The van der Waals surface area contributed by atoms with Gasteiger partial charge in [-0.1, -0.05) is 6.92 Å². The van der Waals surface area contributed by atoms with E-state index < -0.39 is 0 Å². The minimum Gasteiger partial charge on any atom is -0.341 e. The van der Waals surface area contributed by atoms with Crippen molar-refractivity contribution in [3.8, 4) is 6.07 Å². The van der Waals surface area contributed by atoms with Crippen LogP contribution in [0.2, 0.25) is 0 Å². The van der Waals surface area contributed by atoms with Crippen molar-refractivity contribution >= 4 is 5.91 Å². The molecular weight excluding hydrogens is 140 g/mol. The van der Waals surface area contributed by atoms with E-state index in [-0.39, 0.29) is 11.8 Å². The summed E-state index contributed by atoms with van der Waals surface area (Å²) >= 11 is 0. The van der Waals surface area contributed by atoms with Crippen LogP contribution in [-0.2, 0) is 4.79 Å². The highest BCUT2D eigenvalue weighted by Gasteiger charge is 2.24. The van der Waals surface area contributed by atoms with Crippen LogP contribution in [0.4, 0.5) is 0 Å². The second-order valence-corrected chi connectivity index (χ2v) is 2.81. The van der Waals surface area contributed by atoms with Gasteiger partial charge < -0.3 is 4.90 Å². The lowest BCUT2D eigenvalue weighted by Gasteiger charge is -2.13. The summed E-state index contributed by atoms with van der Waals surface area (Å²) in [7, 11) is 0. The molecule has 60 valence electrons. The van der Waals surface area contributed by atoms with Crippen molar-refractivity contribution in [3.63, 3.8) is 0 Å². The van der Waals surface area contributed by atoms with E-state index >= 15 is 0 Å². The third-order valence-electron chi connectivity index (χ3n) is 2.03. The first-order chi connectivity index (χ1) is 5.27. The summed E-state index contributed by atoms with van der Waals surface area (Å²) in [4.78, 5) is 12.9. The molecule has 3 heteroatoms. The number of rotatable bonds is 1. The normalized spacial score (nSPS) is 23.3. The smallest absolute Gasteiger partial charge is 0.222 e. The fourth-order valence-corrected chi connectivity index (χ4v) is 1.32. The van der Waals surface area contributed by atoms with Crippen LogP contribution in [0.15, 0.2) is 0 Å². The van der Waals surface area contributed by atoms with Crippen molar-refractivity contribution in [2.45, 2.75) is 19.8 Å². The number of nitriles is 1. The minimum atomic E-state index is 0.0745. The fourth-order valence-electron chi connectivity index (χ4n) is 1.32. The van der Waals surface area contributed by atoms with Crippen molar-refractivity contribution in [3.05, 3.63) is 0 Å².